The van der Waals surface area contributed by atoms with Gasteiger partial charge in [-0.1, -0.05) is 45.0 Å². The summed E-state index contributed by atoms with van der Waals surface area (Å²) in [5.74, 6) is -0.119. The number of hydrogen-bond donors (Lipinski definition) is 0. The smallest absolute Gasteiger partial charge is 0.358 e. The first-order valence-electron chi connectivity index (χ1n) is 6.13. The fourth-order valence-corrected chi connectivity index (χ4v) is 1.83. The zero-order chi connectivity index (χ0) is 14.0. The monoisotopic (exact) mass is 259 g/mol. The van der Waals surface area contributed by atoms with E-state index in [0.717, 1.165) is 5.56 Å². The van der Waals surface area contributed by atoms with E-state index in [2.05, 4.69) is 38.0 Å². The molecule has 0 bridgehead atoms. The SMILES string of the molecule is CC(C)(C)c1ccc(Cn2ccc([N+](=O)[O-])n2)cc1. The van der Waals surface area contributed by atoms with Crippen molar-refractivity contribution in [2.24, 2.45) is 0 Å². The maximum atomic E-state index is 10.6. The molecule has 2 rings (SSSR count). The summed E-state index contributed by atoms with van der Waals surface area (Å²) in [4.78, 5) is 10.1. The fraction of sp³-hybridized carbons (Fsp3) is 0.357. The van der Waals surface area contributed by atoms with Gasteiger partial charge in [0.05, 0.1) is 23.9 Å². The molecule has 0 spiro atoms. The van der Waals surface area contributed by atoms with Crippen molar-refractivity contribution in [3.63, 3.8) is 0 Å². The van der Waals surface area contributed by atoms with Crippen LogP contribution in [0.2, 0.25) is 0 Å². The van der Waals surface area contributed by atoms with Crippen molar-refractivity contribution in [1.29, 1.82) is 0 Å². The second-order valence-corrected chi connectivity index (χ2v) is 5.58. The molecule has 0 aliphatic carbocycles. The zero-order valence-electron chi connectivity index (χ0n) is 11.3. The first-order chi connectivity index (χ1) is 8.86. The summed E-state index contributed by atoms with van der Waals surface area (Å²) < 4.78 is 1.57. The van der Waals surface area contributed by atoms with Crippen LogP contribution < -0.4 is 0 Å². The topological polar surface area (TPSA) is 61.0 Å². The van der Waals surface area contributed by atoms with Crippen LogP contribution in [0.5, 0.6) is 0 Å². The van der Waals surface area contributed by atoms with E-state index in [9.17, 15) is 10.1 Å². The van der Waals surface area contributed by atoms with Gasteiger partial charge in [-0.15, -0.1) is 0 Å². The van der Waals surface area contributed by atoms with E-state index in [-0.39, 0.29) is 11.2 Å². The maximum Gasteiger partial charge on any atom is 0.389 e. The molecule has 0 amide bonds. The first-order valence-corrected chi connectivity index (χ1v) is 6.13. The van der Waals surface area contributed by atoms with Gasteiger partial charge in [-0.3, -0.25) is 0 Å². The molecule has 0 fully saturated rings. The highest BCUT2D eigenvalue weighted by Crippen LogP contribution is 2.22. The Morgan fingerprint density at radius 2 is 1.84 bits per heavy atom. The molecule has 0 aliphatic rings. The Morgan fingerprint density at radius 1 is 1.21 bits per heavy atom. The summed E-state index contributed by atoms with van der Waals surface area (Å²) in [5, 5.41) is 14.4. The van der Waals surface area contributed by atoms with Gasteiger partial charge in [-0.25, -0.2) is 0 Å². The van der Waals surface area contributed by atoms with Crippen molar-refractivity contribution in [3.8, 4) is 0 Å². The predicted molar refractivity (Wildman–Crippen MR) is 73.1 cm³/mol. The van der Waals surface area contributed by atoms with Crippen LogP contribution in [0.1, 0.15) is 31.9 Å². The van der Waals surface area contributed by atoms with Crippen LogP contribution in [0.4, 0.5) is 5.82 Å². The molecule has 19 heavy (non-hydrogen) atoms. The molecule has 0 saturated heterocycles. The van der Waals surface area contributed by atoms with Crippen molar-refractivity contribution in [3.05, 3.63) is 57.8 Å². The van der Waals surface area contributed by atoms with E-state index in [4.69, 9.17) is 0 Å². The molecule has 0 N–H and O–H groups in total. The lowest BCUT2D eigenvalue weighted by Gasteiger charge is -2.19. The van der Waals surface area contributed by atoms with Crippen LogP contribution in [-0.2, 0) is 12.0 Å². The Hall–Kier alpha value is -2.17. The minimum Gasteiger partial charge on any atom is -0.358 e. The van der Waals surface area contributed by atoms with Crippen molar-refractivity contribution in [1.82, 2.24) is 9.78 Å². The lowest BCUT2D eigenvalue weighted by molar-refractivity contribution is -0.389. The highest BCUT2D eigenvalue weighted by molar-refractivity contribution is 5.27. The Bertz CT molecular complexity index is 579. The summed E-state index contributed by atoms with van der Waals surface area (Å²) in [6.45, 7) is 7.04. The third-order valence-corrected chi connectivity index (χ3v) is 2.98. The van der Waals surface area contributed by atoms with Crippen molar-refractivity contribution < 1.29 is 4.92 Å². The van der Waals surface area contributed by atoms with Crippen LogP contribution in [0.3, 0.4) is 0 Å². The Morgan fingerprint density at radius 3 is 2.32 bits per heavy atom. The normalized spacial score (nSPS) is 11.5. The average molecular weight is 259 g/mol. The molecule has 0 saturated carbocycles. The molecule has 5 nitrogen and oxygen atoms in total. The van der Waals surface area contributed by atoms with Gasteiger partial charge in [0.25, 0.3) is 0 Å². The predicted octanol–water partition coefficient (Wildman–Crippen LogP) is 3.14. The number of rotatable bonds is 3. The molecular weight excluding hydrogens is 242 g/mol. The van der Waals surface area contributed by atoms with Gasteiger partial charge >= 0.3 is 5.82 Å². The lowest BCUT2D eigenvalue weighted by Crippen LogP contribution is -2.11. The van der Waals surface area contributed by atoms with E-state index in [1.165, 1.54) is 11.6 Å². The van der Waals surface area contributed by atoms with E-state index < -0.39 is 4.92 Å². The molecule has 0 radical (unpaired) electrons. The van der Waals surface area contributed by atoms with Crippen LogP contribution in [0.15, 0.2) is 36.5 Å². The summed E-state index contributed by atoms with van der Waals surface area (Å²) in [7, 11) is 0. The number of benzene rings is 1. The van der Waals surface area contributed by atoms with Crippen LogP contribution >= 0.6 is 0 Å². The summed E-state index contributed by atoms with van der Waals surface area (Å²) in [5.41, 5.74) is 2.47. The van der Waals surface area contributed by atoms with Gasteiger partial charge in [-0.2, -0.15) is 4.68 Å². The largest absolute Gasteiger partial charge is 0.389 e. The summed E-state index contributed by atoms with van der Waals surface area (Å²) in [6, 6.07) is 9.66. The fourth-order valence-electron chi connectivity index (χ4n) is 1.83. The first kappa shape index (κ1) is 13.3. The van der Waals surface area contributed by atoms with E-state index in [1.807, 2.05) is 12.1 Å². The van der Waals surface area contributed by atoms with Crippen LogP contribution in [0.25, 0.3) is 0 Å². The second-order valence-electron chi connectivity index (χ2n) is 5.58. The lowest BCUT2D eigenvalue weighted by atomic mass is 9.87. The van der Waals surface area contributed by atoms with Crippen LogP contribution in [-0.4, -0.2) is 14.7 Å². The summed E-state index contributed by atoms with van der Waals surface area (Å²) in [6.07, 6.45) is 1.62. The minimum absolute atomic E-state index is 0.119. The molecule has 100 valence electrons. The Kier molecular flexibility index (Phi) is 3.38. The third-order valence-electron chi connectivity index (χ3n) is 2.98. The quantitative estimate of drug-likeness (QED) is 0.628. The molecule has 1 aromatic heterocycles. The van der Waals surface area contributed by atoms with Gasteiger partial charge in [0.1, 0.15) is 0 Å². The molecule has 0 atom stereocenters. The number of nitro groups is 1. The van der Waals surface area contributed by atoms with Gasteiger partial charge in [0, 0.05) is 0 Å². The van der Waals surface area contributed by atoms with Gasteiger partial charge in [0.2, 0.25) is 0 Å². The van der Waals surface area contributed by atoms with Gasteiger partial charge < -0.3 is 10.1 Å². The zero-order valence-corrected chi connectivity index (χ0v) is 11.3. The average Bonchev–Trinajstić information content (AvgIpc) is 2.77. The standard InChI is InChI=1S/C14H17N3O2/c1-14(2,3)12-6-4-11(5-7-12)10-16-9-8-13(15-16)17(18)19/h4-9H,10H2,1-3H3. The molecule has 1 heterocycles. The van der Waals surface area contributed by atoms with Crippen molar-refractivity contribution in [2.75, 3.05) is 0 Å². The third kappa shape index (κ3) is 3.19. The maximum absolute atomic E-state index is 10.6. The molecule has 1 aromatic carbocycles. The number of nitrogens with zero attached hydrogens (tertiary/aromatic N) is 3. The highest BCUT2D eigenvalue weighted by Gasteiger charge is 2.14. The molecule has 2 aromatic rings. The molecular formula is C14H17N3O2. The van der Waals surface area contributed by atoms with E-state index in [0.29, 0.717) is 6.54 Å². The van der Waals surface area contributed by atoms with Crippen molar-refractivity contribution in [2.45, 2.75) is 32.7 Å². The Balaban J connectivity index is 2.13. The Labute approximate surface area is 112 Å². The van der Waals surface area contributed by atoms with Gasteiger partial charge in [0.15, 0.2) is 0 Å². The molecule has 0 aliphatic heterocycles. The minimum atomic E-state index is -0.487. The van der Waals surface area contributed by atoms with Crippen molar-refractivity contribution >= 4 is 5.82 Å². The van der Waals surface area contributed by atoms with E-state index >= 15 is 0 Å². The van der Waals surface area contributed by atoms with Gasteiger partial charge in [-0.05, 0) is 21.5 Å². The van der Waals surface area contributed by atoms with E-state index in [1.54, 1.807) is 10.9 Å². The second kappa shape index (κ2) is 4.84. The number of hydrogen-bond acceptors (Lipinski definition) is 3. The van der Waals surface area contributed by atoms with Crippen LogP contribution in [0, 0.1) is 10.1 Å². The highest BCUT2D eigenvalue weighted by atomic mass is 16.6. The number of aromatic nitrogens is 2. The molecule has 0 unspecified atom stereocenters. The molecule has 5 heteroatoms. The summed E-state index contributed by atoms with van der Waals surface area (Å²) >= 11 is 0.